The van der Waals surface area contributed by atoms with E-state index in [1.165, 1.54) is 0 Å². The second-order valence-corrected chi connectivity index (χ2v) is 5.07. The summed E-state index contributed by atoms with van der Waals surface area (Å²) in [6, 6.07) is 6.11. The monoisotopic (exact) mass is 232 g/mol. The molecule has 0 saturated carbocycles. The van der Waals surface area contributed by atoms with Crippen molar-refractivity contribution in [3.63, 3.8) is 0 Å². The topological polar surface area (TPSA) is 55.1 Å². The molecule has 1 heterocycles. The molecule has 2 unspecified atom stereocenters. The predicted molar refractivity (Wildman–Crippen MR) is 69.9 cm³/mol. The van der Waals surface area contributed by atoms with Crippen LogP contribution in [-0.4, -0.2) is 5.91 Å². The summed E-state index contributed by atoms with van der Waals surface area (Å²) in [4.78, 5) is 11.7. The average Bonchev–Trinajstić information content (AvgIpc) is 2.62. The van der Waals surface area contributed by atoms with Gasteiger partial charge in [0, 0.05) is 11.7 Å². The van der Waals surface area contributed by atoms with Crippen molar-refractivity contribution >= 4 is 11.6 Å². The Kier molecular flexibility index (Phi) is 3.20. The Morgan fingerprint density at radius 1 is 1.41 bits per heavy atom. The van der Waals surface area contributed by atoms with Gasteiger partial charge in [0.2, 0.25) is 5.91 Å². The fourth-order valence-electron chi connectivity index (χ4n) is 2.34. The molecule has 0 spiro atoms. The summed E-state index contributed by atoms with van der Waals surface area (Å²) in [5.74, 6) is 0.500. The van der Waals surface area contributed by atoms with Gasteiger partial charge < -0.3 is 11.1 Å². The van der Waals surface area contributed by atoms with Gasteiger partial charge in [-0.1, -0.05) is 32.9 Å². The molecule has 1 aromatic carbocycles. The SMILES string of the molecule is CCC1C(=O)Nc2ccc(C(N)C(C)C)cc21. The van der Waals surface area contributed by atoms with E-state index in [-0.39, 0.29) is 17.9 Å². The van der Waals surface area contributed by atoms with Crippen molar-refractivity contribution in [1.82, 2.24) is 0 Å². The molecule has 3 heteroatoms. The summed E-state index contributed by atoms with van der Waals surface area (Å²) in [6.07, 6.45) is 0.833. The molecule has 2 rings (SSSR count). The Hall–Kier alpha value is -1.35. The fraction of sp³-hybridized carbons (Fsp3) is 0.500. The van der Waals surface area contributed by atoms with Crippen LogP contribution in [0.5, 0.6) is 0 Å². The van der Waals surface area contributed by atoms with Gasteiger partial charge in [0.05, 0.1) is 5.92 Å². The van der Waals surface area contributed by atoms with Gasteiger partial charge in [-0.2, -0.15) is 0 Å². The molecule has 17 heavy (non-hydrogen) atoms. The smallest absolute Gasteiger partial charge is 0.231 e. The van der Waals surface area contributed by atoms with Crippen molar-refractivity contribution < 1.29 is 4.79 Å². The lowest BCUT2D eigenvalue weighted by atomic mass is 9.91. The Bertz CT molecular complexity index is 440. The van der Waals surface area contributed by atoms with Crippen LogP contribution < -0.4 is 11.1 Å². The highest BCUT2D eigenvalue weighted by Crippen LogP contribution is 2.36. The van der Waals surface area contributed by atoms with Crippen LogP contribution in [0.3, 0.4) is 0 Å². The molecule has 1 amide bonds. The molecule has 0 aliphatic carbocycles. The van der Waals surface area contributed by atoms with Crippen LogP contribution in [0.1, 0.15) is 50.3 Å². The van der Waals surface area contributed by atoms with Gasteiger partial charge in [0.25, 0.3) is 0 Å². The minimum absolute atomic E-state index is 0.00990. The number of rotatable bonds is 3. The molecule has 2 atom stereocenters. The maximum atomic E-state index is 11.7. The molecule has 0 bridgehead atoms. The number of hydrogen-bond acceptors (Lipinski definition) is 2. The number of carbonyl (C=O) groups excluding carboxylic acids is 1. The summed E-state index contributed by atoms with van der Waals surface area (Å²) in [6.45, 7) is 6.26. The zero-order valence-electron chi connectivity index (χ0n) is 10.7. The van der Waals surface area contributed by atoms with Gasteiger partial charge in [-0.15, -0.1) is 0 Å². The Balaban J connectivity index is 2.38. The van der Waals surface area contributed by atoms with Gasteiger partial charge in [0.1, 0.15) is 0 Å². The third-order valence-electron chi connectivity index (χ3n) is 3.54. The van der Waals surface area contributed by atoms with Crippen molar-refractivity contribution in [1.29, 1.82) is 0 Å². The Morgan fingerprint density at radius 2 is 2.12 bits per heavy atom. The largest absolute Gasteiger partial charge is 0.325 e. The minimum atomic E-state index is -0.00990. The standard InChI is InChI=1S/C14H20N2O/c1-4-10-11-7-9(13(15)8(2)3)5-6-12(11)16-14(10)17/h5-8,10,13H,4,15H2,1-3H3,(H,16,17). The van der Waals surface area contributed by atoms with Crippen LogP contribution in [0.2, 0.25) is 0 Å². The number of fused-ring (bicyclic) bond motifs is 1. The van der Waals surface area contributed by atoms with Gasteiger partial charge in [0.15, 0.2) is 0 Å². The third kappa shape index (κ3) is 2.07. The first kappa shape index (κ1) is 12.1. The number of nitrogens with two attached hydrogens (primary N) is 1. The van der Waals surface area contributed by atoms with Crippen molar-refractivity contribution in [2.45, 2.75) is 39.2 Å². The molecular formula is C14H20N2O. The highest BCUT2D eigenvalue weighted by molar-refractivity contribution is 6.02. The summed E-state index contributed by atoms with van der Waals surface area (Å²) in [7, 11) is 0. The molecule has 0 fully saturated rings. The van der Waals surface area contributed by atoms with Crippen LogP contribution >= 0.6 is 0 Å². The van der Waals surface area contributed by atoms with E-state index in [0.29, 0.717) is 5.92 Å². The summed E-state index contributed by atoms with van der Waals surface area (Å²) in [5.41, 5.74) is 9.32. The lowest BCUT2D eigenvalue weighted by Crippen LogP contribution is -2.16. The molecule has 0 aromatic heterocycles. The van der Waals surface area contributed by atoms with Crippen LogP contribution in [0, 0.1) is 5.92 Å². The number of anilines is 1. The molecule has 0 saturated heterocycles. The maximum absolute atomic E-state index is 11.7. The van der Waals surface area contributed by atoms with Crippen molar-refractivity contribution in [2.24, 2.45) is 11.7 Å². The Labute approximate surface area is 102 Å². The van der Waals surface area contributed by atoms with E-state index >= 15 is 0 Å². The van der Waals surface area contributed by atoms with Crippen molar-refractivity contribution in [3.8, 4) is 0 Å². The summed E-state index contributed by atoms with van der Waals surface area (Å²) >= 11 is 0. The van der Waals surface area contributed by atoms with E-state index in [1.807, 2.05) is 19.1 Å². The minimum Gasteiger partial charge on any atom is -0.325 e. The number of hydrogen-bond donors (Lipinski definition) is 2. The first-order valence-corrected chi connectivity index (χ1v) is 6.24. The average molecular weight is 232 g/mol. The zero-order valence-corrected chi connectivity index (χ0v) is 10.7. The number of amides is 1. The normalized spacial score (nSPS) is 20.3. The Morgan fingerprint density at radius 3 is 2.71 bits per heavy atom. The highest BCUT2D eigenvalue weighted by Gasteiger charge is 2.29. The van der Waals surface area contributed by atoms with E-state index in [9.17, 15) is 4.79 Å². The second kappa shape index (κ2) is 4.49. The summed E-state index contributed by atoms with van der Waals surface area (Å²) < 4.78 is 0. The second-order valence-electron chi connectivity index (χ2n) is 5.07. The van der Waals surface area contributed by atoms with E-state index < -0.39 is 0 Å². The van der Waals surface area contributed by atoms with E-state index in [2.05, 4.69) is 25.2 Å². The quantitative estimate of drug-likeness (QED) is 0.842. The third-order valence-corrected chi connectivity index (χ3v) is 3.54. The molecule has 1 aromatic rings. The predicted octanol–water partition coefficient (Wildman–Crippen LogP) is 2.79. The lowest BCUT2D eigenvalue weighted by molar-refractivity contribution is -0.117. The van der Waals surface area contributed by atoms with E-state index in [1.54, 1.807) is 0 Å². The highest BCUT2D eigenvalue weighted by atomic mass is 16.2. The first-order chi connectivity index (χ1) is 8.04. The number of nitrogens with one attached hydrogen (secondary N) is 1. The van der Waals surface area contributed by atoms with E-state index in [4.69, 9.17) is 5.73 Å². The van der Waals surface area contributed by atoms with Crippen molar-refractivity contribution in [3.05, 3.63) is 29.3 Å². The van der Waals surface area contributed by atoms with Gasteiger partial charge in [-0.25, -0.2) is 0 Å². The molecule has 1 aliphatic heterocycles. The first-order valence-electron chi connectivity index (χ1n) is 6.24. The fourth-order valence-corrected chi connectivity index (χ4v) is 2.34. The summed E-state index contributed by atoms with van der Waals surface area (Å²) in [5, 5.41) is 2.91. The molecule has 0 radical (unpaired) electrons. The molecule has 3 nitrogen and oxygen atoms in total. The zero-order chi connectivity index (χ0) is 12.6. The lowest BCUT2D eigenvalue weighted by Gasteiger charge is -2.17. The molecule has 92 valence electrons. The van der Waals surface area contributed by atoms with Gasteiger partial charge in [-0.05, 0) is 29.5 Å². The number of benzene rings is 1. The molecule has 3 N–H and O–H groups in total. The van der Waals surface area contributed by atoms with E-state index in [0.717, 1.165) is 23.2 Å². The van der Waals surface area contributed by atoms with Crippen molar-refractivity contribution in [2.75, 3.05) is 5.32 Å². The van der Waals surface area contributed by atoms with Crippen LogP contribution in [0.4, 0.5) is 5.69 Å². The molecule has 1 aliphatic rings. The van der Waals surface area contributed by atoms with Gasteiger partial charge >= 0.3 is 0 Å². The molecular weight excluding hydrogens is 212 g/mol. The van der Waals surface area contributed by atoms with Gasteiger partial charge in [-0.3, -0.25) is 4.79 Å². The van der Waals surface area contributed by atoms with Crippen LogP contribution in [0.25, 0.3) is 0 Å². The van der Waals surface area contributed by atoms with Crippen LogP contribution in [-0.2, 0) is 4.79 Å². The number of carbonyl (C=O) groups is 1. The van der Waals surface area contributed by atoms with Crippen LogP contribution in [0.15, 0.2) is 18.2 Å². The maximum Gasteiger partial charge on any atom is 0.231 e.